The van der Waals surface area contributed by atoms with Gasteiger partial charge < -0.3 is 30.3 Å². The Bertz CT molecular complexity index is 483. The molecule has 8 nitrogen and oxygen atoms in total. The fourth-order valence-corrected chi connectivity index (χ4v) is 1.63. The van der Waals surface area contributed by atoms with E-state index in [0.29, 0.717) is 0 Å². The van der Waals surface area contributed by atoms with Gasteiger partial charge in [-0.2, -0.15) is 0 Å². The summed E-state index contributed by atoms with van der Waals surface area (Å²) in [5, 5.41) is 49.3. The quantitative estimate of drug-likeness (QED) is 0.367. The average Bonchev–Trinajstić information content (AvgIpc) is 2.62. The van der Waals surface area contributed by atoms with Gasteiger partial charge in [0.05, 0.1) is 5.41 Å². The van der Waals surface area contributed by atoms with Crippen molar-refractivity contribution in [3.05, 3.63) is 0 Å². The summed E-state index contributed by atoms with van der Waals surface area (Å²) in [4.78, 5) is 23.7. The van der Waals surface area contributed by atoms with E-state index in [4.69, 9.17) is 7.48 Å². The first-order valence-electron chi connectivity index (χ1n) is 8.84. The molecule has 0 aromatic carbocycles. The van der Waals surface area contributed by atoms with Crippen LogP contribution in [0.25, 0.3) is 0 Å². The summed E-state index contributed by atoms with van der Waals surface area (Å²) in [6, 6.07) is 0. The van der Waals surface area contributed by atoms with E-state index in [1.165, 1.54) is 27.7 Å². The summed E-state index contributed by atoms with van der Waals surface area (Å²) < 4.78 is 19.3. The Morgan fingerprint density at radius 2 is 1.42 bits per heavy atom. The highest BCUT2D eigenvalue weighted by Gasteiger charge is 2.40. The minimum absolute atomic E-state index is 0.258. The van der Waals surface area contributed by atoms with Gasteiger partial charge in [-0.05, 0) is 20.7 Å². The molecule has 5 N–H and O–H groups in total. The minimum Gasteiger partial charge on any atom is -0.462 e. The Kier molecular flexibility index (Phi) is 6.70. The molecule has 0 heterocycles. The van der Waals surface area contributed by atoms with Crippen molar-refractivity contribution in [2.24, 2.45) is 10.8 Å². The normalized spacial score (nSPS) is 20.2. The van der Waals surface area contributed by atoms with Crippen LogP contribution in [-0.2, 0) is 14.3 Å². The van der Waals surface area contributed by atoms with Gasteiger partial charge in [-0.1, -0.05) is 20.7 Å². The van der Waals surface area contributed by atoms with E-state index >= 15 is 0 Å². The lowest BCUT2D eigenvalue weighted by molar-refractivity contribution is -0.170. The third kappa shape index (κ3) is 6.45. The number of ether oxygens (including phenoxy) is 1. The molecule has 0 radical (unpaired) electrons. The van der Waals surface area contributed by atoms with E-state index in [-0.39, 0.29) is 13.8 Å². The largest absolute Gasteiger partial charge is 0.462 e. The maximum atomic E-state index is 12.0. The fraction of sp³-hybridized carbons (Fsp3) is 0.875. The van der Waals surface area contributed by atoms with E-state index in [2.05, 4.69) is 0 Å². The molecule has 0 aliphatic rings. The van der Waals surface area contributed by atoms with Crippen molar-refractivity contribution in [1.29, 1.82) is 0 Å². The summed E-state index contributed by atoms with van der Waals surface area (Å²) in [6.45, 7) is 4.34. The van der Waals surface area contributed by atoms with Crippen LogP contribution >= 0.6 is 0 Å². The molecular weight excluding hydrogens is 320 g/mol. The molecule has 0 rings (SSSR count). The fourth-order valence-electron chi connectivity index (χ4n) is 1.63. The second-order valence-corrected chi connectivity index (χ2v) is 7.21. The number of esters is 1. The van der Waals surface area contributed by atoms with Crippen molar-refractivity contribution in [1.82, 2.24) is 0 Å². The van der Waals surface area contributed by atoms with Crippen molar-refractivity contribution < 1.29 is 42.6 Å². The number of carbonyl (C=O) groups excluding carboxylic acids is 2. The third-order valence-corrected chi connectivity index (χ3v) is 3.29. The highest BCUT2D eigenvalue weighted by Crippen LogP contribution is 2.21. The Labute approximate surface area is 144 Å². The molecule has 0 spiro atoms. The first-order valence-corrected chi connectivity index (χ1v) is 7.43. The van der Waals surface area contributed by atoms with Crippen LogP contribution in [0.2, 0.25) is 0 Å². The minimum atomic E-state index is -2.11. The van der Waals surface area contributed by atoms with E-state index in [9.17, 15) is 35.1 Å². The van der Waals surface area contributed by atoms with Crippen molar-refractivity contribution >= 4 is 11.8 Å². The van der Waals surface area contributed by atoms with Gasteiger partial charge in [0.1, 0.15) is 37.1 Å². The first-order chi connectivity index (χ1) is 11.7. The second kappa shape index (κ2) is 8.35. The predicted octanol–water partition coefficient (Wildman–Crippen LogP) is -1.00. The molecule has 0 aliphatic heterocycles. The highest BCUT2D eigenvalue weighted by atomic mass is 16.5. The molecule has 0 saturated heterocycles. The van der Waals surface area contributed by atoms with Crippen LogP contribution in [0.15, 0.2) is 0 Å². The molecule has 8 heteroatoms. The van der Waals surface area contributed by atoms with Crippen LogP contribution in [0.5, 0.6) is 0 Å². The average molecular weight is 352 g/mol. The molecule has 0 fully saturated rings. The topological polar surface area (TPSA) is 145 Å². The summed E-state index contributed by atoms with van der Waals surface area (Å²) in [5.74, 6) is -1.69. The van der Waals surface area contributed by atoms with Gasteiger partial charge >= 0.3 is 5.97 Å². The number of ketones is 1. The van der Waals surface area contributed by atoms with Crippen LogP contribution in [0, 0.1) is 10.8 Å². The van der Waals surface area contributed by atoms with Crippen LogP contribution in [-0.4, -0.2) is 74.4 Å². The van der Waals surface area contributed by atoms with Crippen LogP contribution in [0.1, 0.15) is 44.2 Å². The van der Waals surface area contributed by atoms with Crippen LogP contribution < -0.4 is 0 Å². The molecule has 0 bridgehead atoms. The highest BCUT2D eigenvalue weighted by molar-refractivity contribution is 5.88. The number of aliphatic hydroxyl groups excluding tert-OH is 5. The molecule has 0 aliphatic carbocycles. The SMILES string of the molecule is [2H]CC(C)(C)C(=O)OC[C@@H](O)[C@@H](O)[C@H](O)[C@@H](O)C(O)C(=O)C(C)(C)C[2H]. The monoisotopic (exact) mass is 352 g/mol. The Hall–Kier alpha value is -1.06. The number of hydrogen-bond acceptors (Lipinski definition) is 8. The van der Waals surface area contributed by atoms with E-state index < -0.39 is 59.7 Å². The zero-order chi connectivity index (χ0) is 20.9. The summed E-state index contributed by atoms with van der Waals surface area (Å²) in [6.07, 6.45) is -10.1. The molecule has 142 valence electrons. The maximum absolute atomic E-state index is 12.0. The van der Waals surface area contributed by atoms with Gasteiger partial charge in [0.15, 0.2) is 5.78 Å². The maximum Gasteiger partial charge on any atom is 0.311 e. The van der Waals surface area contributed by atoms with Crippen molar-refractivity contribution in [2.75, 3.05) is 6.61 Å². The van der Waals surface area contributed by atoms with Crippen LogP contribution in [0.4, 0.5) is 0 Å². The molecule has 0 amide bonds. The summed E-state index contributed by atoms with van der Waals surface area (Å²) >= 11 is 0. The van der Waals surface area contributed by atoms with Crippen molar-refractivity contribution in [3.8, 4) is 0 Å². The van der Waals surface area contributed by atoms with Gasteiger partial charge in [-0.25, -0.2) is 0 Å². The van der Waals surface area contributed by atoms with Gasteiger partial charge in [-0.3, -0.25) is 9.59 Å². The number of hydrogen-bond donors (Lipinski definition) is 5. The lowest BCUT2D eigenvalue weighted by atomic mass is 9.84. The van der Waals surface area contributed by atoms with Crippen molar-refractivity contribution in [2.45, 2.75) is 72.0 Å². The number of rotatable bonds is 7. The van der Waals surface area contributed by atoms with Gasteiger partial charge in [-0.15, -0.1) is 0 Å². The standard InChI is InChI=1S/C16H30O8/c1-15(2,3)13(22)12(21)11(20)10(19)9(18)8(17)7-24-14(23)16(4,5)6/h8-12,17-21H,7H2,1-6H3/t8-,9-,10+,11-,12?/m1/s1/i1D,4D. The smallest absolute Gasteiger partial charge is 0.311 e. The zero-order valence-electron chi connectivity index (χ0n) is 16.5. The molecule has 1 unspecified atom stereocenters. The number of carbonyl (C=O) groups is 2. The van der Waals surface area contributed by atoms with Gasteiger partial charge in [0, 0.05) is 8.16 Å². The van der Waals surface area contributed by atoms with E-state index in [0.717, 1.165) is 0 Å². The number of Topliss-reactive ketones (excluding diaryl/α,β-unsaturated/α-hetero) is 1. The lowest BCUT2D eigenvalue weighted by Crippen LogP contribution is -2.53. The van der Waals surface area contributed by atoms with Crippen LogP contribution in [0.3, 0.4) is 0 Å². The summed E-state index contributed by atoms with van der Waals surface area (Å²) in [5.41, 5.74) is -2.39. The Balaban J connectivity index is 4.85. The third-order valence-electron chi connectivity index (χ3n) is 3.29. The Morgan fingerprint density at radius 3 is 1.88 bits per heavy atom. The zero-order valence-corrected chi connectivity index (χ0v) is 14.5. The molecule has 5 atom stereocenters. The van der Waals surface area contributed by atoms with Gasteiger partial charge in [0.25, 0.3) is 0 Å². The lowest BCUT2D eigenvalue weighted by Gasteiger charge is -2.31. The second-order valence-electron chi connectivity index (χ2n) is 7.21. The number of aliphatic hydroxyl groups is 5. The van der Waals surface area contributed by atoms with Gasteiger partial charge in [0.2, 0.25) is 0 Å². The van der Waals surface area contributed by atoms with E-state index in [1.54, 1.807) is 0 Å². The molecule has 24 heavy (non-hydrogen) atoms. The molecule has 0 aromatic heterocycles. The van der Waals surface area contributed by atoms with E-state index in [1.807, 2.05) is 0 Å². The predicted molar refractivity (Wildman–Crippen MR) is 84.9 cm³/mol. The molecular formula is C16H30O8. The summed E-state index contributed by atoms with van der Waals surface area (Å²) in [7, 11) is 0. The molecule has 0 saturated carbocycles. The Morgan fingerprint density at radius 1 is 0.917 bits per heavy atom. The first kappa shape index (κ1) is 19.3. The van der Waals surface area contributed by atoms with Crippen molar-refractivity contribution in [3.63, 3.8) is 0 Å². The molecule has 0 aromatic rings.